The summed E-state index contributed by atoms with van der Waals surface area (Å²) in [7, 11) is 0. The molecule has 7 heteroatoms. The van der Waals surface area contributed by atoms with Crippen LogP contribution in [0, 0.1) is 5.92 Å². The van der Waals surface area contributed by atoms with Crippen molar-refractivity contribution in [1.82, 2.24) is 14.5 Å². The van der Waals surface area contributed by atoms with Gasteiger partial charge in [-0.3, -0.25) is 4.90 Å². The fourth-order valence-electron chi connectivity index (χ4n) is 3.45. The Labute approximate surface area is 158 Å². The number of hydrogen-bond acceptors (Lipinski definition) is 3. The second kappa shape index (κ2) is 8.44. The van der Waals surface area contributed by atoms with Gasteiger partial charge < -0.3 is 9.30 Å². The smallest absolute Gasteiger partial charge is 0.375 e. The molecule has 0 aliphatic carbocycles. The highest BCUT2D eigenvalue weighted by molar-refractivity contribution is 5.26. The summed E-state index contributed by atoms with van der Waals surface area (Å²) >= 11 is 0. The van der Waals surface area contributed by atoms with Gasteiger partial charge in [0, 0.05) is 32.4 Å². The third kappa shape index (κ3) is 5.56. The molecule has 1 aliphatic heterocycles. The van der Waals surface area contributed by atoms with E-state index in [1.807, 2.05) is 12.5 Å². The number of ether oxygens (including phenoxy) is 1. The Morgan fingerprint density at radius 2 is 2.11 bits per heavy atom. The monoisotopic (exact) mass is 381 g/mol. The van der Waals surface area contributed by atoms with Crippen LogP contribution in [-0.4, -0.2) is 40.3 Å². The molecule has 1 saturated heterocycles. The molecule has 2 heterocycles. The summed E-state index contributed by atoms with van der Waals surface area (Å²) in [4.78, 5) is 6.55. The molecule has 0 bridgehead atoms. The van der Waals surface area contributed by atoms with Crippen LogP contribution in [0.1, 0.15) is 30.7 Å². The second-order valence-corrected chi connectivity index (χ2v) is 7.56. The maximum Gasteiger partial charge on any atom is 0.416 e. The Morgan fingerprint density at radius 1 is 1.30 bits per heavy atom. The molecular weight excluding hydrogens is 355 g/mol. The largest absolute Gasteiger partial charge is 0.416 e. The number of morpholine rings is 1. The van der Waals surface area contributed by atoms with Gasteiger partial charge in [-0.15, -0.1) is 0 Å². The molecule has 1 fully saturated rings. The Kier molecular flexibility index (Phi) is 6.22. The van der Waals surface area contributed by atoms with Gasteiger partial charge in [-0.1, -0.05) is 32.0 Å². The van der Waals surface area contributed by atoms with E-state index in [0.29, 0.717) is 31.1 Å². The summed E-state index contributed by atoms with van der Waals surface area (Å²) in [5, 5.41) is 0. The van der Waals surface area contributed by atoms with Crippen LogP contribution in [-0.2, 0) is 30.4 Å². The molecule has 0 spiro atoms. The first-order chi connectivity index (χ1) is 12.8. The number of nitrogens with zero attached hydrogens (tertiary/aromatic N) is 3. The van der Waals surface area contributed by atoms with Gasteiger partial charge >= 0.3 is 6.18 Å². The summed E-state index contributed by atoms with van der Waals surface area (Å²) in [5.41, 5.74) is 1.20. The van der Waals surface area contributed by atoms with E-state index in [1.165, 1.54) is 12.1 Å². The predicted octanol–water partition coefficient (Wildman–Crippen LogP) is 4.00. The number of imidazole rings is 1. The molecule has 0 N–H and O–H groups in total. The van der Waals surface area contributed by atoms with Crippen LogP contribution >= 0.6 is 0 Å². The standard InChI is InChI=1S/C20H26F3N3O/c1-15(2)11-26-14-24-10-18(26)12-25-6-7-27-19(13-25)9-16-4-3-5-17(8-16)20(21,22)23/h3-5,8,10,14-15,19H,6-7,9,11-13H2,1-2H3. The van der Waals surface area contributed by atoms with E-state index in [0.717, 1.165) is 31.4 Å². The van der Waals surface area contributed by atoms with Gasteiger partial charge in [0.25, 0.3) is 0 Å². The minimum absolute atomic E-state index is 0.108. The van der Waals surface area contributed by atoms with Gasteiger partial charge in [-0.05, 0) is 24.0 Å². The average Bonchev–Trinajstić information content (AvgIpc) is 3.01. The quantitative estimate of drug-likeness (QED) is 0.758. The Morgan fingerprint density at radius 3 is 2.85 bits per heavy atom. The molecule has 4 nitrogen and oxygen atoms in total. The number of alkyl halides is 3. The van der Waals surface area contributed by atoms with Crippen LogP contribution in [0.15, 0.2) is 36.8 Å². The van der Waals surface area contributed by atoms with E-state index in [-0.39, 0.29) is 6.10 Å². The number of halogens is 3. The molecule has 0 saturated carbocycles. The summed E-state index contributed by atoms with van der Waals surface area (Å²) in [6, 6.07) is 5.52. The van der Waals surface area contributed by atoms with Crippen molar-refractivity contribution in [3.63, 3.8) is 0 Å². The molecule has 148 valence electrons. The summed E-state index contributed by atoms with van der Waals surface area (Å²) in [5.74, 6) is 0.538. The van der Waals surface area contributed by atoms with Crippen molar-refractivity contribution in [1.29, 1.82) is 0 Å². The van der Waals surface area contributed by atoms with Crippen molar-refractivity contribution >= 4 is 0 Å². The lowest BCUT2D eigenvalue weighted by atomic mass is 10.0. The Bertz CT molecular complexity index is 742. The van der Waals surface area contributed by atoms with E-state index in [1.54, 1.807) is 6.07 Å². The zero-order valence-corrected chi connectivity index (χ0v) is 15.7. The average molecular weight is 381 g/mol. The minimum Gasteiger partial charge on any atom is -0.375 e. The van der Waals surface area contributed by atoms with Crippen molar-refractivity contribution in [2.75, 3.05) is 19.7 Å². The van der Waals surface area contributed by atoms with E-state index < -0.39 is 11.7 Å². The SMILES string of the molecule is CC(C)Cn1cncc1CN1CCOC(Cc2cccc(C(F)(F)F)c2)C1. The topological polar surface area (TPSA) is 30.3 Å². The number of aromatic nitrogens is 2. The predicted molar refractivity (Wildman–Crippen MR) is 97.2 cm³/mol. The Hall–Kier alpha value is -1.86. The minimum atomic E-state index is -4.32. The lowest BCUT2D eigenvalue weighted by Crippen LogP contribution is -2.43. The van der Waals surface area contributed by atoms with E-state index in [9.17, 15) is 13.2 Å². The van der Waals surface area contributed by atoms with Gasteiger partial charge in [0.15, 0.2) is 0 Å². The fraction of sp³-hybridized carbons (Fsp3) is 0.550. The van der Waals surface area contributed by atoms with Crippen LogP contribution in [0.3, 0.4) is 0 Å². The van der Waals surface area contributed by atoms with Crippen LogP contribution < -0.4 is 0 Å². The van der Waals surface area contributed by atoms with Crippen molar-refractivity contribution < 1.29 is 17.9 Å². The fourth-order valence-corrected chi connectivity index (χ4v) is 3.45. The van der Waals surface area contributed by atoms with Gasteiger partial charge in [0.1, 0.15) is 0 Å². The third-order valence-corrected chi connectivity index (χ3v) is 4.69. The highest BCUT2D eigenvalue weighted by Gasteiger charge is 2.30. The highest BCUT2D eigenvalue weighted by Crippen LogP contribution is 2.30. The van der Waals surface area contributed by atoms with E-state index in [4.69, 9.17) is 4.74 Å². The van der Waals surface area contributed by atoms with Crippen LogP contribution in [0.4, 0.5) is 13.2 Å². The highest BCUT2D eigenvalue weighted by atomic mass is 19.4. The van der Waals surface area contributed by atoms with Crippen LogP contribution in [0.5, 0.6) is 0 Å². The molecule has 1 aliphatic rings. The number of hydrogen-bond donors (Lipinski definition) is 0. The molecule has 1 atom stereocenters. The van der Waals surface area contributed by atoms with Crippen molar-refractivity contribution in [3.05, 3.63) is 53.6 Å². The molecule has 0 radical (unpaired) electrons. The van der Waals surface area contributed by atoms with Crippen molar-refractivity contribution in [3.8, 4) is 0 Å². The van der Waals surface area contributed by atoms with Gasteiger partial charge in [0.2, 0.25) is 0 Å². The molecule has 3 rings (SSSR count). The zero-order valence-electron chi connectivity index (χ0n) is 15.7. The van der Waals surface area contributed by atoms with Crippen LogP contribution in [0.25, 0.3) is 0 Å². The van der Waals surface area contributed by atoms with Crippen molar-refractivity contribution in [2.24, 2.45) is 5.92 Å². The maximum absolute atomic E-state index is 12.9. The van der Waals surface area contributed by atoms with Gasteiger partial charge in [-0.25, -0.2) is 4.98 Å². The van der Waals surface area contributed by atoms with Crippen LogP contribution in [0.2, 0.25) is 0 Å². The van der Waals surface area contributed by atoms with Crippen molar-refractivity contribution in [2.45, 2.75) is 45.6 Å². The maximum atomic E-state index is 12.9. The first-order valence-electron chi connectivity index (χ1n) is 9.30. The molecule has 2 aromatic rings. The molecule has 0 amide bonds. The molecular formula is C20H26F3N3O. The number of benzene rings is 1. The lowest BCUT2D eigenvalue weighted by molar-refractivity contribution is -0.137. The normalized spacial score (nSPS) is 19.0. The molecule has 1 unspecified atom stereocenters. The first kappa shape index (κ1) is 19.9. The van der Waals surface area contributed by atoms with Gasteiger partial charge in [-0.2, -0.15) is 13.2 Å². The van der Waals surface area contributed by atoms with E-state index in [2.05, 4.69) is 28.3 Å². The lowest BCUT2D eigenvalue weighted by Gasteiger charge is -2.33. The zero-order chi connectivity index (χ0) is 19.4. The number of rotatable bonds is 6. The third-order valence-electron chi connectivity index (χ3n) is 4.69. The molecule has 1 aromatic heterocycles. The first-order valence-corrected chi connectivity index (χ1v) is 9.30. The Balaban J connectivity index is 1.61. The molecule has 27 heavy (non-hydrogen) atoms. The summed E-state index contributed by atoms with van der Waals surface area (Å²) < 4.78 is 46.7. The molecule has 1 aromatic carbocycles. The van der Waals surface area contributed by atoms with Gasteiger partial charge in [0.05, 0.1) is 30.3 Å². The summed E-state index contributed by atoms with van der Waals surface area (Å²) in [6.07, 6.45) is -0.199. The van der Waals surface area contributed by atoms with E-state index >= 15 is 0 Å². The second-order valence-electron chi connectivity index (χ2n) is 7.56. The summed E-state index contributed by atoms with van der Waals surface area (Å²) in [6.45, 7) is 8.13.